The second kappa shape index (κ2) is 11.0. The summed E-state index contributed by atoms with van der Waals surface area (Å²) in [6.07, 6.45) is 12.4. The first-order valence-corrected chi connectivity index (χ1v) is 11.5. The quantitative estimate of drug-likeness (QED) is 0.251. The molecule has 2 saturated carbocycles. The summed E-state index contributed by atoms with van der Waals surface area (Å²) in [5.41, 5.74) is 0.451. The molecule has 0 amide bonds. The molecule has 0 atom stereocenters. The van der Waals surface area contributed by atoms with E-state index in [0.29, 0.717) is 30.1 Å². The van der Waals surface area contributed by atoms with Crippen LogP contribution in [0.5, 0.6) is 0 Å². The molecule has 0 N–H and O–H groups in total. The molecule has 2 aliphatic carbocycles. The fraction of sp³-hybridized carbons (Fsp3) is 0.577. The average Bonchev–Trinajstić information content (AvgIpc) is 2.78. The minimum absolute atomic E-state index is 0.363. The molecule has 3 rings (SSSR count). The van der Waals surface area contributed by atoms with Gasteiger partial charge in [0.2, 0.25) is 0 Å². The van der Waals surface area contributed by atoms with Crippen molar-refractivity contribution >= 4 is 0 Å². The molecule has 1 aromatic carbocycles. The Kier molecular flexibility index (Phi) is 8.35. The van der Waals surface area contributed by atoms with Crippen molar-refractivity contribution in [2.24, 2.45) is 17.8 Å². The molecule has 31 heavy (non-hydrogen) atoms. The standard InChI is InChI=1S/C26H31F4N/c27-25(18-31)3-1-2-19-4-6-20(7-5-19)8-9-21-10-12-22(13-11-21)23-14-16-24(17-15-23)26(28,29)30/h3,8-9,14-17,19-22H,1-2,4-7,10-13H2/t19-,20-,21-,22-. The van der Waals surface area contributed by atoms with E-state index in [-0.39, 0.29) is 0 Å². The molecule has 0 unspecified atom stereocenters. The Labute approximate surface area is 182 Å². The third kappa shape index (κ3) is 7.23. The van der Waals surface area contributed by atoms with Gasteiger partial charge in [0.15, 0.2) is 5.83 Å². The molecule has 0 bridgehead atoms. The van der Waals surface area contributed by atoms with Crippen molar-refractivity contribution in [3.05, 3.63) is 59.4 Å². The van der Waals surface area contributed by atoms with Crippen LogP contribution in [0.25, 0.3) is 0 Å². The molecular weight excluding hydrogens is 402 g/mol. The van der Waals surface area contributed by atoms with Gasteiger partial charge in [0, 0.05) is 0 Å². The normalized spacial score (nSPS) is 27.9. The lowest BCUT2D eigenvalue weighted by atomic mass is 9.77. The fourth-order valence-corrected chi connectivity index (χ4v) is 5.06. The maximum atomic E-state index is 12.9. The molecule has 0 aliphatic heterocycles. The Morgan fingerprint density at radius 3 is 1.97 bits per heavy atom. The van der Waals surface area contributed by atoms with Gasteiger partial charge in [0.25, 0.3) is 0 Å². The highest BCUT2D eigenvalue weighted by atomic mass is 19.4. The Bertz CT molecular complexity index is 784. The van der Waals surface area contributed by atoms with E-state index >= 15 is 0 Å². The maximum Gasteiger partial charge on any atom is 0.416 e. The van der Waals surface area contributed by atoms with Crippen molar-refractivity contribution in [2.75, 3.05) is 0 Å². The van der Waals surface area contributed by atoms with E-state index in [1.54, 1.807) is 12.1 Å². The van der Waals surface area contributed by atoms with Gasteiger partial charge < -0.3 is 0 Å². The molecule has 0 heterocycles. The zero-order valence-corrected chi connectivity index (χ0v) is 17.9. The summed E-state index contributed by atoms with van der Waals surface area (Å²) < 4.78 is 51.1. The van der Waals surface area contributed by atoms with Gasteiger partial charge in [-0.25, -0.2) is 0 Å². The predicted octanol–water partition coefficient (Wildman–Crippen LogP) is 8.50. The molecular formula is C26H31F4N. The Hall–Kier alpha value is -2.09. The molecule has 5 heteroatoms. The molecule has 2 aliphatic rings. The number of nitriles is 1. The van der Waals surface area contributed by atoms with Crippen molar-refractivity contribution in [3.63, 3.8) is 0 Å². The monoisotopic (exact) mass is 433 g/mol. The first kappa shape index (κ1) is 23.6. The van der Waals surface area contributed by atoms with Gasteiger partial charge >= 0.3 is 6.18 Å². The number of benzene rings is 1. The zero-order chi connectivity index (χ0) is 22.3. The van der Waals surface area contributed by atoms with Gasteiger partial charge in [-0.1, -0.05) is 24.3 Å². The van der Waals surface area contributed by atoms with E-state index in [1.165, 1.54) is 37.1 Å². The Morgan fingerprint density at radius 2 is 1.45 bits per heavy atom. The predicted molar refractivity (Wildman–Crippen MR) is 115 cm³/mol. The summed E-state index contributed by atoms with van der Waals surface area (Å²) >= 11 is 0. The second-order valence-corrected chi connectivity index (χ2v) is 9.14. The first-order valence-electron chi connectivity index (χ1n) is 11.5. The molecule has 1 aromatic rings. The van der Waals surface area contributed by atoms with Gasteiger partial charge in [0.05, 0.1) is 5.56 Å². The number of rotatable bonds is 6. The molecule has 0 saturated heterocycles. The van der Waals surface area contributed by atoms with E-state index in [2.05, 4.69) is 12.2 Å². The van der Waals surface area contributed by atoms with E-state index in [1.807, 2.05) is 0 Å². The van der Waals surface area contributed by atoms with Crippen molar-refractivity contribution in [1.29, 1.82) is 5.26 Å². The smallest absolute Gasteiger partial charge is 0.195 e. The Balaban J connectivity index is 1.38. The summed E-state index contributed by atoms with van der Waals surface area (Å²) in [5, 5.41) is 8.44. The molecule has 0 spiro atoms. The van der Waals surface area contributed by atoms with E-state index in [4.69, 9.17) is 5.26 Å². The maximum absolute atomic E-state index is 12.9. The van der Waals surface area contributed by atoms with Crippen LogP contribution in [0.2, 0.25) is 0 Å². The van der Waals surface area contributed by atoms with Crippen LogP contribution in [0.3, 0.4) is 0 Å². The van der Waals surface area contributed by atoms with Crippen molar-refractivity contribution in [2.45, 2.75) is 76.3 Å². The average molecular weight is 434 g/mol. The van der Waals surface area contributed by atoms with Crippen LogP contribution in [-0.4, -0.2) is 0 Å². The van der Waals surface area contributed by atoms with E-state index in [9.17, 15) is 17.6 Å². The lowest BCUT2D eigenvalue weighted by Crippen LogP contribution is -2.14. The number of allylic oxidation sites excluding steroid dienone is 4. The highest BCUT2D eigenvalue weighted by Gasteiger charge is 2.30. The van der Waals surface area contributed by atoms with Crippen LogP contribution >= 0.6 is 0 Å². The molecule has 168 valence electrons. The minimum atomic E-state index is -4.27. The molecule has 2 fully saturated rings. The third-order valence-corrected chi connectivity index (χ3v) is 7.03. The fourth-order valence-electron chi connectivity index (χ4n) is 5.06. The summed E-state index contributed by atoms with van der Waals surface area (Å²) in [7, 11) is 0. The van der Waals surface area contributed by atoms with E-state index < -0.39 is 17.6 Å². The minimum Gasteiger partial charge on any atom is -0.195 e. The second-order valence-electron chi connectivity index (χ2n) is 9.14. The number of halogens is 4. The van der Waals surface area contributed by atoms with Gasteiger partial charge in [-0.15, -0.1) is 0 Å². The summed E-state index contributed by atoms with van der Waals surface area (Å²) in [4.78, 5) is 0. The summed E-state index contributed by atoms with van der Waals surface area (Å²) in [5.74, 6) is 1.51. The lowest BCUT2D eigenvalue weighted by molar-refractivity contribution is -0.137. The highest BCUT2D eigenvalue weighted by molar-refractivity contribution is 5.27. The zero-order valence-electron chi connectivity index (χ0n) is 17.9. The Morgan fingerprint density at radius 1 is 0.903 bits per heavy atom. The SMILES string of the molecule is N#CC(F)=CCC[C@H]1CC[C@H](C=C[C@H]2CC[C@H](c3ccc(C(F)(F)F)cc3)CC2)CC1. The van der Waals surface area contributed by atoms with Crippen LogP contribution in [-0.2, 0) is 6.18 Å². The lowest BCUT2D eigenvalue weighted by Gasteiger charge is -2.29. The van der Waals surface area contributed by atoms with Gasteiger partial charge in [0.1, 0.15) is 6.07 Å². The van der Waals surface area contributed by atoms with Crippen LogP contribution < -0.4 is 0 Å². The molecule has 1 nitrogen and oxygen atoms in total. The number of nitrogens with zero attached hydrogens (tertiary/aromatic N) is 1. The number of hydrogen-bond donors (Lipinski definition) is 0. The van der Waals surface area contributed by atoms with Crippen molar-refractivity contribution in [3.8, 4) is 6.07 Å². The third-order valence-electron chi connectivity index (χ3n) is 7.03. The topological polar surface area (TPSA) is 23.8 Å². The largest absolute Gasteiger partial charge is 0.416 e. The van der Waals surface area contributed by atoms with E-state index in [0.717, 1.165) is 50.5 Å². The molecule has 0 aromatic heterocycles. The van der Waals surface area contributed by atoms with Gasteiger partial charge in [-0.05, 0) is 112 Å². The molecule has 0 radical (unpaired) electrons. The van der Waals surface area contributed by atoms with Gasteiger partial charge in [-0.2, -0.15) is 22.8 Å². The van der Waals surface area contributed by atoms with Crippen LogP contribution in [0, 0.1) is 29.1 Å². The van der Waals surface area contributed by atoms with Crippen molar-refractivity contribution < 1.29 is 17.6 Å². The van der Waals surface area contributed by atoms with Gasteiger partial charge in [-0.3, -0.25) is 0 Å². The van der Waals surface area contributed by atoms with Crippen LogP contribution in [0.15, 0.2) is 48.3 Å². The summed E-state index contributed by atoms with van der Waals surface area (Å²) in [6.45, 7) is 0. The number of hydrogen-bond acceptors (Lipinski definition) is 1. The first-order chi connectivity index (χ1) is 14.8. The van der Waals surface area contributed by atoms with Crippen LogP contribution in [0.1, 0.15) is 81.3 Å². The summed E-state index contributed by atoms with van der Waals surface area (Å²) in [6, 6.07) is 7.22. The van der Waals surface area contributed by atoms with Crippen molar-refractivity contribution in [1.82, 2.24) is 0 Å². The number of alkyl halides is 3. The van der Waals surface area contributed by atoms with Crippen LogP contribution in [0.4, 0.5) is 17.6 Å². The highest BCUT2D eigenvalue weighted by Crippen LogP contribution is 2.39.